The fourth-order valence-corrected chi connectivity index (χ4v) is 3.75. The van der Waals surface area contributed by atoms with Gasteiger partial charge in [0.1, 0.15) is 13.1 Å². The van der Waals surface area contributed by atoms with Crippen molar-refractivity contribution >= 4 is 23.6 Å². The summed E-state index contributed by atoms with van der Waals surface area (Å²) in [6.07, 6.45) is -3.74. The van der Waals surface area contributed by atoms with Crippen LogP contribution in [0.15, 0.2) is 30.3 Å². The maximum Gasteiger partial charge on any atom is 0.406 e. The van der Waals surface area contributed by atoms with Crippen LogP contribution in [0.1, 0.15) is 36.0 Å². The number of carbonyl (C=O) groups excluding carboxylic acids is 4. The third kappa shape index (κ3) is 5.17. The van der Waals surface area contributed by atoms with Crippen molar-refractivity contribution < 1.29 is 32.3 Å². The fraction of sp³-hybridized carbons (Fsp3) is 0.500. The molecule has 0 aromatic heterocycles. The first-order chi connectivity index (χ1) is 14.2. The first-order valence-corrected chi connectivity index (χ1v) is 9.69. The first kappa shape index (κ1) is 21.8. The molecule has 2 heterocycles. The molecule has 10 heteroatoms. The minimum absolute atomic E-state index is 0.0683. The van der Waals surface area contributed by atoms with Crippen LogP contribution in [0, 0.1) is 0 Å². The molecule has 0 bridgehead atoms. The van der Waals surface area contributed by atoms with Crippen LogP contribution in [0.5, 0.6) is 0 Å². The average molecular weight is 425 g/mol. The highest BCUT2D eigenvalue weighted by molar-refractivity contribution is 6.02. The molecule has 2 aliphatic rings. The van der Waals surface area contributed by atoms with Crippen LogP contribution in [-0.4, -0.2) is 76.7 Å². The molecule has 0 spiro atoms. The summed E-state index contributed by atoms with van der Waals surface area (Å²) in [5, 5.41) is 0. The third-order valence-electron chi connectivity index (χ3n) is 5.34. The van der Waals surface area contributed by atoms with Crippen molar-refractivity contribution in [2.24, 2.45) is 0 Å². The molecule has 2 saturated heterocycles. The van der Waals surface area contributed by atoms with E-state index in [1.54, 1.807) is 35.2 Å². The Labute approximate surface area is 171 Å². The molecule has 2 fully saturated rings. The molecule has 0 saturated carbocycles. The summed E-state index contributed by atoms with van der Waals surface area (Å²) in [6.45, 7) is -1.33. The zero-order valence-corrected chi connectivity index (χ0v) is 16.2. The molecular weight excluding hydrogens is 403 g/mol. The summed E-state index contributed by atoms with van der Waals surface area (Å²) in [5.74, 6) is -1.17. The van der Waals surface area contributed by atoms with Gasteiger partial charge in [0.15, 0.2) is 5.78 Å². The number of likely N-dealkylation sites (tertiary alicyclic amines) is 1. The Bertz CT molecular complexity index is 820. The Morgan fingerprint density at radius 3 is 2.23 bits per heavy atom. The molecule has 0 unspecified atom stereocenters. The van der Waals surface area contributed by atoms with Crippen molar-refractivity contribution in [2.45, 2.75) is 37.9 Å². The van der Waals surface area contributed by atoms with Gasteiger partial charge in [0.05, 0.1) is 0 Å². The highest BCUT2D eigenvalue weighted by Gasteiger charge is 2.45. The van der Waals surface area contributed by atoms with Crippen LogP contribution < -0.4 is 0 Å². The minimum atomic E-state index is -4.64. The summed E-state index contributed by atoms with van der Waals surface area (Å²) in [6, 6.07) is 7.35. The number of urea groups is 1. The zero-order valence-electron chi connectivity index (χ0n) is 16.2. The summed E-state index contributed by atoms with van der Waals surface area (Å²) < 4.78 is 37.7. The van der Waals surface area contributed by atoms with Gasteiger partial charge in [-0.05, 0) is 12.8 Å². The van der Waals surface area contributed by atoms with Gasteiger partial charge in [0.2, 0.25) is 5.91 Å². The molecule has 0 radical (unpaired) electrons. The second-order valence-corrected chi connectivity index (χ2v) is 7.41. The monoisotopic (exact) mass is 425 g/mol. The lowest BCUT2D eigenvalue weighted by Gasteiger charge is -2.36. The van der Waals surface area contributed by atoms with E-state index in [-0.39, 0.29) is 36.0 Å². The molecule has 30 heavy (non-hydrogen) atoms. The van der Waals surface area contributed by atoms with E-state index in [1.165, 1.54) is 0 Å². The van der Waals surface area contributed by atoms with Gasteiger partial charge in [-0.1, -0.05) is 30.3 Å². The number of nitrogens with zero attached hydrogens (tertiary/aromatic N) is 3. The number of alkyl halides is 3. The van der Waals surface area contributed by atoms with Gasteiger partial charge in [-0.15, -0.1) is 0 Å². The number of rotatable bonds is 6. The maximum absolute atomic E-state index is 12.6. The van der Waals surface area contributed by atoms with E-state index in [0.29, 0.717) is 31.5 Å². The van der Waals surface area contributed by atoms with Crippen molar-refractivity contribution in [1.29, 1.82) is 0 Å². The number of carbonyl (C=O) groups is 4. The minimum Gasteiger partial charge on any atom is -0.343 e. The first-order valence-electron chi connectivity index (χ1n) is 9.69. The molecule has 1 aromatic carbocycles. The van der Waals surface area contributed by atoms with Gasteiger partial charge in [0.25, 0.3) is 5.91 Å². The lowest BCUT2D eigenvalue weighted by molar-refractivity contribution is -0.151. The number of hydrogen-bond donors (Lipinski definition) is 0. The molecule has 0 aliphatic carbocycles. The van der Waals surface area contributed by atoms with Crippen molar-refractivity contribution in [2.75, 3.05) is 26.2 Å². The topological polar surface area (TPSA) is 78.0 Å². The molecule has 7 nitrogen and oxygen atoms in total. The molecule has 2 aliphatic heterocycles. The predicted octanol–water partition coefficient (Wildman–Crippen LogP) is 2.47. The summed E-state index contributed by atoms with van der Waals surface area (Å²) >= 11 is 0. The van der Waals surface area contributed by atoms with E-state index < -0.39 is 30.7 Å². The van der Waals surface area contributed by atoms with Gasteiger partial charge < -0.3 is 9.80 Å². The van der Waals surface area contributed by atoms with Crippen LogP contribution in [0.25, 0.3) is 0 Å². The number of halogens is 3. The maximum atomic E-state index is 12.6. The largest absolute Gasteiger partial charge is 0.406 e. The zero-order chi connectivity index (χ0) is 21.9. The number of amides is 4. The highest BCUT2D eigenvalue weighted by atomic mass is 19.4. The van der Waals surface area contributed by atoms with E-state index in [9.17, 15) is 32.3 Å². The van der Waals surface area contributed by atoms with Crippen LogP contribution >= 0.6 is 0 Å². The quantitative estimate of drug-likeness (QED) is 0.518. The molecule has 0 atom stereocenters. The Morgan fingerprint density at radius 1 is 1.00 bits per heavy atom. The van der Waals surface area contributed by atoms with Crippen molar-refractivity contribution in [1.82, 2.24) is 14.7 Å². The van der Waals surface area contributed by atoms with E-state index in [2.05, 4.69) is 0 Å². The van der Waals surface area contributed by atoms with Crippen LogP contribution in [0.4, 0.5) is 18.0 Å². The molecule has 162 valence electrons. The average Bonchev–Trinajstić information content (AvgIpc) is 2.99. The standard InChI is InChI=1S/C20H22F3N3O4/c21-20(22,23)13-26-18(29)12-25(19(26)30)15-8-10-24(11-9-15)17(28)7-6-16(27)14-4-2-1-3-5-14/h1-5,15H,6-13H2. The summed E-state index contributed by atoms with van der Waals surface area (Å²) in [7, 11) is 0. The summed E-state index contributed by atoms with van der Waals surface area (Å²) in [5.41, 5.74) is 0.546. The van der Waals surface area contributed by atoms with Crippen molar-refractivity contribution in [3.8, 4) is 0 Å². The lowest BCUT2D eigenvalue weighted by atomic mass is 10.0. The number of piperidine rings is 1. The van der Waals surface area contributed by atoms with Gasteiger partial charge >= 0.3 is 12.2 Å². The lowest BCUT2D eigenvalue weighted by Crippen LogP contribution is -2.48. The number of hydrogen-bond acceptors (Lipinski definition) is 4. The molecular formula is C20H22F3N3O4. The Balaban J connectivity index is 1.47. The smallest absolute Gasteiger partial charge is 0.343 e. The van der Waals surface area contributed by atoms with Crippen molar-refractivity contribution in [3.05, 3.63) is 35.9 Å². The fourth-order valence-electron chi connectivity index (χ4n) is 3.75. The highest BCUT2D eigenvalue weighted by Crippen LogP contribution is 2.25. The molecule has 1 aromatic rings. The van der Waals surface area contributed by atoms with E-state index in [0.717, 1.165) is 4.90 Å². The van der Waals surface area contributed by atoms with Crippen LogP contribution in [0.2, 0.25) is 0 Å². The number of imide groups is 1. The Kier molecular flexibility index (Phi) is 6.42. The molecule has 4 amide bonds. The predicted molar refractivity (Wildman–Crippen MR) is 99.5 cm³/mol. The molecule has 0 N–H and O–H groups in total. The van der Waals surface area contributed by atoms with E-state index >= 15 is 0 Å². The Hall–Kier alpha value is -2.91. The summed E-state index contributed by atoms with van der Waals surface area (Å²) in [4.78, 5) is 51.5. The normalized spacial score (nSPS) is 18.3. The van der Waals surface area contributed by atoms with Gasteiger partial charge in [0, 0.05) is 37.5 Å². The third-order valence-corrected chi connectivity index (χ3v) is 5.34. The van der Waals surface area contributed by atoms with Crippen molar-refractivity contribution in [3.63, 3.8) is 0 Å². The van der Waals surface area contributed by atoms with Crippen LogP contribution in [0.3, 0.4) is 0 Å². The van der Waals surface area contributed by atoms with Gasteiger partial charge in [-0.25, -0.2) is 4.79 Å². The number of ketones is 1. The second kappa shape index (κ2) is 8.85. The van der Waals surface area contributed by atoms with Gasteiger partial charge in [-0.2, -0.15) is 13.2 Å². The SMILES string of the molecule is O=C(CCC(=O)N1CCC(N2CC(=O)N(CC(F)(F)F)C2=O)CC1)c1ccccc1. The van der Waals surface area contributed by atoms with Gasteiger partial charge in [-0.3, -0.25) is 19.3 Å². The Morgan fingerprint density at radius 2 is 1.63 bits per heavy atom. The second-order valence-electron chi connectivity index (χ2n) is 7.41. The van der Waals surface area contributed by atoms with E-state index in [4.69, 9.17) is 0 Å². The number of Topliss-reactive ketones (excluding diaryl/α,β-unsaturated/α-hetero) is 1. The number of benzene rings is 1. The van der Waals surface area contributed by atoms with Crippen LogP contribution in [-0.2, 0) is 9.59 Å². The van der Waals surface area contributed by atoms with E-state index in [1.807, 2.05) is 0 Å². The molecule has 3 rings (SSSR count).